The molecule has 3 aromatic rings. The fraction of sp³-hybridized carbons (Fsp3) is 0.355. The highest BCUT2D eigenvalue weighted by molar-refractivity contribution is 8.00. The van der Waals surface area contributed by atoms with Gasteiger partial charge in [0, 0.05) is 26.7 Å². The van der Waals surface area contributed by atoms with E-state index >= 15 is 0 Å². The van der Waals surface area contributed by atoms with E-state index in [0.717, 1.165) is 53.9 Å². The first-order chi connectivity index (χ1) is 19.7. The van der Waals surface area contributed by atoms with Crippen molar-refractivity contribution < 1.29 is 19.1 Å². The van der Waals surface area contributed by atoms with Crippen LogP contribution in [0.5, 0.6) is 0 Å². The molecule has 1 amide bonds. The van der Waals surface area contributed by atoms with Crippen LogP contribution in [0.2, 0.25) is 0 Å². The molecule has 4 rings (SSSR count). The van der Waals surface area contributed by atoms with Crippen LogP contribution >= 0.6 is 35.3 Å². The molecule has 0 aliphatic heterocycles. The van der Waals surface area contributed by atoms with Gasteiger partial charge in [-0.05, 0) is 107 Å². The molecule has 1 unspecified atom stereocenters. The first-order valence-electron chi connectivity index (χ1n) is 13.8. The van der Waals surface area contributed by atoms with Gasteiger partial charge >= 0.3 is 5.97 Å². The topological polar surface area (TPSA) is 96.5 Å². The Morgan fingerprint density at radius 2 is 1.68 bits per heavy atom. The first kappa shape index (κ1) is 30.7. The summed E-state index contributed by atoms with van der Waals surface area (Å²) < 4.78 is 5.37. The number of anilines is 3. The number of esters is 1. The third kappa shape index (κ3) is 8.40. The van der Waals surface area contributed by atoms with Gasteiger partial charge in [0.2, 0.25) is 5.91 Å². The van der Waals surface area contributed by atoms with Crippen LogP contribution in [-0.4, -0.2) is 34.6 Å². The number of hydrogen-bond donors (Lipinski definition) is 3. The van der Waals surface area contributed by atoms with E-state index in [-0.39, 0.29) is 17.7 Å². The largest absolute Gasteiger partial charge is 0.462 e. The highest BCUT2D eigenvalue weighted by Crippen LogP contribution is 2.38. The number of carbonyl (C=O) groups is 3. The highest BCUT2D eigenvalue weighted by Gasteiger charge is 2.27. The van der Waals surface area contributed by atoms with Crippen molar-refractivity contribution in [2.75, 3.05) is 22.6 Å². The Hall–Kier alpha value is -3.21. The molecule has 0 spiro atoms. The number of carbonyl (C=O) groups excluding carboxylic acids is 3. The number of hydrogen-bond acceptors (Lipinski definition) is 7. The maximum absolute atomic E-state index is 13.3. The number of amides is 1. The van der Waals surface area contributed by atoms with Crippen molar-refractivity contribution in [3.05, 3.63) is 70.1 Å². The van der Waals surface area contributed by atoms with Gasteiger partial charge in [-0.1, -0.05) is 18.9 Å². The second kappa shape index (κ2) is 14.6. The van der Waals surface area contributed by atoms with E-state index < -0.39 is 5.25 Å². The van der Waals surface area contributed by atoms with Crippen LogP contribution in [-0.2, 0) is 22.4 Å². The van der Waals surface area contributed by atoms with E-state index in [4.69, 9.17) is 17.0 Å². The normalized spacial score (nSPS) is 13.6. The summed E-state index contributed by atoms with van der Waals surface area (Å²) in [6.07, 6.45) is 6.21. The number of fused-ring (bicyclic) bond motifs is 1. The van der Waals surface area contributed by atoms with Gasteiger partial charge in [0.05, 0.1) is 17.4 Å². The van der Waals surface area contributed by atoms with Crippen molar-refractivity contribution in [3.8, 4) is 0 Å². The Kier molecular flexibility index (Phi) is 11.0. The van der Waals surface area contributed by atoms with E-state index in [1.165, 1.54) is 41.3 Å². The van der Waals surface area contributed by atoms with Crippen LogP contribution in [0.15, 0.2) is 53.4 Å². The van der Waals surface area contributed by atoms with E-state index in [1.54, 1.807) is 31.2 Å². The minimum atomic E-state index is -0.408. The lowest BCUT2D eigenvalue weighted by molar-refractivity contribution is -0.115. The molecule has 0 radical (unpaired) electrons. The van der Waals surface area contributed by atoms with Crippen molar-refractivity contribution in [3.63, 3.8) is 0 Å². The Morgan fingerprint density at radius 3 is 2.39 bits per heavy atom. The zero-order valence-electron chi connectivity index (χ0n) is 23.5. The summed E-state index contributed by atoms with van der Waals surface area (Å²) in [5, 5.41) is 9.93. The molecule has 0 saturated heterocycles. The van der Waals surface area contributed by atoms with Crippen LogP contribution in [0, 0.1) is 0 Å². The molecule has 41 heavy (non-hydrogen) atoms. The van der Waals surface area contributed by atoms with Crippen molar-refractivity contribution in [1.29, 1.82) is 0 Å². The molecule has 0 saturated carbocycles. The summed E-state index contributed by atoms with van der Waals surface area (Å²) >= 11 is 8.40. The van der Waals surface area contributed by atoms with Crippen LogP contribution in [0.25, 0.3) is 0 Å². The summed E-state index contributed by atoms with van der Waals surface area (Å²) in [6, 6.07) is 14.8. The maximum atomic E-state index is 13.3. The number of ketones is 1. The minimum Gasteiger partial charge on any atom is -0.462 e. The van der Waals surface area contributed by atoms with Gasteiger partial charge in [0.1, 0.15) is 5.00 Å². The SMILES string of the molecule is CCOC(=O)c1c(NC(=O)C(C)Sc2cccc(NC(=S)Nc3ccc(C(C)=O)cc3)c2)sc2c1CCCCCC2. The van der Waals surface area contributed by atoms with Crippen LogP contribution < -0.4 is 16.0 Å². The zero-order valence-corrected chi connectivity index (χ0v) is 26.0. The molecule has 10 heteroatoms. The Bertz CT molecular complexity index is 1420. The molecule has 1 aliphatic rings. The number of nitrogens with one attached hydrogen (secondary N) is 3. The molecule has 1 heterocycles. The maximum Gasteiger partial charge on any atom is 0.341 e. The molecular weight excluding hydrogens is 575 g/mol. The van der Waals surface area contributed by atoms with E-state index in [1.807, 2.05) is 31.2 Å². The number of aryl methyl sites for hydroxylation is 1. The second-order valence-electron chi connectivity index (χ2n) is 9.83. The Balaban J connectivity index is 1.40. The first-order valence-corrected chi connectivity index (χ1v) is 15.9. The third-order valence-corrected chi connectivity index (χ3v) is 9.22. The molecule has 1 atom stereocenters. The quantitative estimate of drug-likeness (QED) is 0.0982. The second-order valence-corrected chi connectivity index (χ2v) is 12.8. The average molecular weight is 610 g/mol. The van der Waals surface area contributed by atoms with Gasteiger partial charge in [-0.3, -0.25) is 9.59 Å². The molecule has 7 nitrogen and oxygen atoms in total. The molecule has 1 aliphatic carbocycles. The summed E-state index contributed by atoms with van der Waals surface area (Å²) in [5.41, 5.74) is 3.76. The van der Waals surface area contributed by atoms with Gasteiger partial charge in [0.15, 0.2) is 10.9 Å². The lowest BCUT2D eigenvalue weighted by Crippen LogP contribution is -2.23. The minimum absolute atomic E-state index is 0.00856. The number of thioether (sulfide) groups is 1. The molecule has 1 aromatic heterocycles. The Morgan fingerprint density at radius 1 is 0.976 bits per heavy atom. The standard InChI is InChI=1S/C31H35N3O4S3/c1-4-38-30(37)27-25-12-7-5-6-8-13-26(25)41-29(27)34-28(36)20(3)40-24-11-9-10-23(18-24)33-31(39)32-22-16-14-21(15-17-22)19(2)35/h9-11,14-18,20H,4-8,12-13H2,1-3H3,(H,34,36)(H2,32,33,39). The van der Waals surface area contributed by atoms with Gasteiger partial charge in [-0.25, -0.2) is 4.79 Å². The summed E-state index contributed by atoms with van der Waals surface area (Å²) in [7, 11) is 0. The van der Waals surface area contributed by atoms with Crippen molar-refractivity contribution in [2.24, 2.45) is 0 Å². The predicted octanol–water partition coefficient (Wildman–Crippen LogP) is 7.71. The predicted molar refractivity (Wildman–Crippen MR) is 173 cm³/mol. The van der Waals surface area contributed by atoms with Crippen LogP contribution in [0.1, 0.15) is 77.6 Å². The number of Topliss-reactive ketones (excluding diaryl/α,β-unsaturated/α-hetero) is 1. The molecule has 2 aromatic carbocycles. The Labute approximate surface area is 254 Å². The van der Waals surface area contributed by atoms with Gasteiger partial charge in [-0.2, -0.15) is 0 Å². The van der Waals surface area contributed by atoms with Crippen molar-refractivity contribution in [1.82, 2.24) is 0 Å². The fourth-order valence-corrected chi connectivity index (χ4v) is 7.07. The lowest BCUT2D eigenvalue weighted by atomic mass is 9.96. The number of ether oxygens (including phenoxy) is 1. The zero-order chi connectivity index (χ0) is 29.4. The van der Waals surface area contributed by atoms with E-state index in [9.17, 15) is 14.4 Å². The molecule has 0 fully saturated rings. The number of rotatable bonds is 9. The molecule has 0 bridgehead atoms. The molecular formula is C31H35N3O4S3. The number of benzene rings is 2. The van der Waals surface area contributed by atoms with E-state index in [0.29, 0.717) is 27.8 Å². The number of thiophene rings is 1. The summed E-state index contributed by atoms with van der Waals surface area (Å²) in [4.78, 5) is 39.8. The smallest absolute Gasteiger partial charge is 0.341 e. The third-order valence-electron chi connectivity index (χ3n) is 6.71. The number of thiocarbonyl (C=S) groups is 1. The summed E-state index contributed by atoms with van der Waals surface area (Å²) in [5.74, 6) is -0.520. The van der Waals surface area contributed by atoms with Gasteiger partial charge < -0.3 is 20.7 Å². The van der Waals surface area contributed by atoms with Crippen LogP contribution in [0.3, 0.4) is 0 Å². The van der Waals surface area contributed by atoms with Gasteiger partial charge in [0.25, 0.3) is 0 Å². The highest BCUT2D eigenvalue weighted by atomic mass is 32.2. The lowest BCUT2D eigenvalue weighted by Gasteiger charge is -2.14. The molecule has 216 valence electrons. The molecule has 3 N–H and O–H groups in total. The average Bonchev–Trinajstić information content (AvgIpc) is 3.24. The van der Waals surface area contributed by atoms with Crippen molar-refractivity contribution in [2.45, 2.75) is 69.4 Å². The van der Waals surface area contributed by atoms with Crippen molar-refractivity contribution >= 4 is 74.5 Å². The van der Waals surface area contributed by atoms with E-state index in [2.05, 4.69) is 16.0 Å². The summed E-state index contributed by atoms with van der Waals surface area (Å²) in [6.45, 7) is 5.47. The fourth-order valence-electron chi connectivity index (χ4n) is 4.63. The monoisotopic (exact) mass is 609 g/mol. The van der Waals surface area contributed by atoms with Crippen LogP contribution in [0.4, 0.5) is 16.4 Å². The van der Waals surface area contributed by atoms with Gasteiger partial charge in [-0.15, -0.1) is 23.1 Å².